The van der Waals surface area contributed by atoms with E-state index in [4.69, 9.17) is 5.11 Å². The molecule has 0 aromatic heterocycles. The Kier molecular flexibility index (Phi) is 2.62. The first kappa shape index (κ1) is 7.94. The Bertz CT molecular complexity index is 96.4. The van der Waals surface area contributed by atoms with Crippen LogP contribution in [0, 0.1) is 0 Å². The van der Waals surface area contributed by atoms with Crippen LogP contribution >= 0.6 is 0 Å². The molecule has 1 fully saturated rings. The molecule has 0 saturated carbocycles. The Morgan fingerprint density at radius 1 is 1.40 bits per heavy atom. The van der Waals surface area contributed by atoms with Gasteiger partial charge in [0.1, 0.15) is 5.72 Å². The quantitative estimate of drug-likeness (QED) is 0.373. The number of aliphatic hydroxyl groups excluding tert-OH is 1. The van der Waals surface area contributed by atoms with Crippen LogP contribution in [-0.2, 0) is 0 Å². The molecule has 4 heteroatoms. The van der Waals surface area contributed by atoms with E-state index in [1.807, 2.05) is 0 Å². The van der Waals surface area contributed by atoms with E-state index in [9.17, 15) is 5.11 Å². The van der Waals surface area contributed by atoms with Crippen LogP contribution in [0.15, 0.2) is 0 Å². The lowest BCUT2D eigenvalue weighted by Crippen LogP contribution is -2.59. The van der Waals surface area contributed by atoms with E-state index >= 15 is 0 Å². The van der Waals surface area contributed by atoms with Gasteiger partial charge in [0.15, 0.2) is 0 Å². The van der Waals surface area contributed by atoms with Crippen LogP contribution < -0.4 is 10.6 Å². The molecule has 1 unspecified atom stereocenters. The molecule has 0 bridgehead atoms. The Balaban J connectivity index is 2.32. The maximum atomic E-state index is 9.54. The van der Waals surface area contributed by atoms with Gasteiger partial charge in [-0.25, -0.2) is 0 Å². The van der Waals surface area contributed by atoms with Crippen molar-refractivity contribution in [1.29, 1.82) is 0 Å². The van der Waals surface area contributed by atoms with E-state index in [1.54, 1.807) is 0 Å². The van der Waals surface area contributed by atoms with Crippen LogP contribution in [0.4, 0.5) is 0 Å². The van der Waals surface area contributed by atoms with Gasteiger partial charge in [-0.1, -0.05) is 0 Å². The van der Waals surface area contributed by atoms with Crippen molar-refractivity contribution in [3.05, 3.63) is 0 Å². The van der Waals surface area contributed by atoms with E-state index in [0.29, 0.717) is 13.0 Å². The van der Waals surface area contributed by atoms with Gasteiger partial charge in [0, 0.05) is 32.7 Å². The molecule has 60 valence electrons. The van der Waals surface area contributed by atoms with Gasteiger partial charge in [0.25, 0.3) is 0 Å². The van der Waals surface area contributed by atoms with Crippen molar-refractivity contribution >= 4 is 0 Å². The molecule has 0 aliphatic carbocycles. The van der Waals surface area contributed by atoms with E-state index in [-0.39, 0.29) is 6.61 Å². The van der Waals surface area contributed by atoms with Crippen molar-refractivity contribution in [2.24, 2.45) is 0 Å². The van der Waals surface area contributed by atoms with Crippen LogP contribution in [0.3, 0.4) is 0 Å². The molecule has 0 amide bonds. The minimum absolute atomic E-state index is 0.0190. The van der Waals surface area contributed by atoms with Crippen LogP contribution in [0.25, 0.3) is 0 Å². The minimum atomic E-state index is -0.882. The second kappa shape index (κ2) is 3.30. The summed E-state index contributed by atoms with van der Waals surface area (Å²) in [5, 5.41) is 24.1. The summed E-state index contributed by atoms with van der Waals surface area (Å²) in [4.78, 5) is 0. The summed E-state index contributed by atoms with van der Waals surface area (Å²) in [6, 6.07) is 0. The predicted molar refractivity (Wildman–Crippen MR) is 37.5 cm³/mol. The Labute approximate surface area is 60.2 Å². The van der Waals surface area contributed by atoms with Crippen molar-refractivity contribution in [2.45, 2.75) is 12.1 Å². The molecule has 1 aliphatic rings. The van der Waals surface area contributed by atoms with Gasteiger partial charge in [-0.2, -0.15) is 0 Å². The van der Waals surface area contributed by atoms with Crippen LogP contribution in [-0.4, -0.2) is 42.2 Å². The van der Waals surface area contributed by atoms with Gasteiger partial charge in [-0.3, -0.25) is 5.32 Å². The fourth-order valence-electron chi connectivity index (χ4n) is 1.10. The number of aliphatic hydroxyl groups is 2. The summed E-state index contributed by atoms with van der Waals surface area (Å²) in [5.74, 6) is 0. The zero-order valence-corrected chi connectivity index (χ0v) is 5.93. The smallest absolute Gasteiger partial charge is 0.130 e. The summed E-state index contributed by atoms with van der Waals surface area (Å²) in [7, 11) is 0. The molecule has 4 nitrogen and oxygen atoms in total. The van der Waals surface area contributed by atoms with Crippen molar-refractivity contribution in [3.8, 4) is 0 Å². The Morgan fingerprint density at radius 2 is 2.20 bits per heavy atom. The lowest BCUT2D eigenvalue weighted by atomic mass is 10.1. The molecule has 10 heavy (non-hydrogen) atoms. The van der Waals surface area contributed by atoms with E-state index < -0.39 is 5.72 Å². The summed E-state index contributed by atoms with van der Waals surface area (Å²) in [6.45, 7) is 2.18. The predicted octanol–water partition coefficient (Wildman–Crippen LogP) is -1.75. The average Bonchev–Trinajstić information content (AvgIpc) is 1.89. The highest BCUT2D eigenvalue weighted by molar-refractivity contribution is 4.82. The van der Waals surface area contributed by atoms with Gasteiger partial charge in [-0.15, -0.1) is 0 Å². The number of nitrogens with one attached hydrogen (secondary N) is 2. The molecule has 1 rings (SSSR count). The normalized spacial score (nSPS) is 34.2. The molecule has 1 saturated heterocycles. The Hall–Kier alpha value is -0.160. The van der Waals surface area contributed by atoms with Crippen molar-refractivity contribution in [3.63, 3.8) is 0 Å². The molecular weight excluding hydrogens is 132 g/mol. The fourth-order valence-corrected chi connectivity index (χ4v) is 1.10. The molecule has 1 heterocycles. The fraction of sp³-hybridized carbons (Fsp3) is 1.00. The summed E-state index contributed by atoms with van der Waals surface area (Å²) >= 11 is 0. The maximum Gasteiger partial charge on any atom is 0.130 e. The topological polar surface area (TPSA) is 64.5 Å². The standard InChI is InChI=1S/C6H14N2O2/c9-4-1-6(10)5-7-2-3-8-6/h7-10H,1-5H2. The average molecular weight is 146 g/mol. The second-order valence-electron chi connectivity index (χ2n) is 2.61. The third-order valence-corrected chi connectivity index (χ3v) is 1.70. The molecular formula is C6H14N2O2. The third-order valence-electron chi connectivity index (χ3n) is 1.70. The first-order valence-electron chi connectivity index (χ1n) is 3.56. The summed E-state index contributed by atoms with van der Waals surface area (Å²) in [5.41, 5.74) is -0.882. The summed E-state index contributed by atoms with van der Waals surface area (Å²) < 4.78 is 0. The molecule has 0 aromatic rings. The lowest BCUT2D eigenvalue weighted by molar-refractivity contribution is -0.0255. The second-order valence-corrected chi connectivity index (χ2v) is 2.61. The molecule has 0 aromatic carbocycles. The van der Waals surface area contributed by atoms with Gasteiger partial charge >= 0.3 is 0 Å². The van der Waals surface area contributed by atoms with Gasteiger partial charge in [0.2, 0.25) is 0 Å². The van der Waals surface area contributed by atoms with Crippen molar-refractivity contribution in [1.82, 2.24) is 10.6 Å². The maximum absolute atomic E-state index is 9.54. The van der Waals surface area contributed by atoms with Crippen LogP contribution in [0.2, 0.25) is 0 Å². The third kappa shape index (κ3) is 1.91. The first-order chi connectivity index (χ1) is 4.77. The van der Waals surface area contributed by atoms with Gasteiger partial charge in [-0.05, 0) is 0 Å². The molecule has 0 radical (unpaired) electrons. The highest BCUT2D eigenvalue weighted by Crippen LogP contribution is 2.05. The lowest BCUT2D eigenvalue weighted by Gasteiger charge is -2.33. The number of hydrogen-bond donors (Lipinski definition) is 4. The first-order valence-corrected chi connectivity index (χ1v) is 3.56. The number of hydrogen-bond acceptors (Lipinski definition) is 4. The van der Waals surface area contributed by atoms with Gasteiger partial charge < -0.3 is 15.5 Å². The summed E-state index contributed by atoms with van der Waals surface area (Å²) in [6.07, 6.45) is 0.389. The van der Waals surface area contributed by atoms with Crippen molar-refractivity contribution in [2.75, 3.05) is 26.2 Å². The number of piperazine rings is 1. The SMILES string of the molecule is OCCC1(O)CNCCN1. The minimum Gasteiger partial charge on any atom is -0.396 e. The van der Waals surface area contributed by atoms with Crippen LogP contribution in [0.1, 0.15) is 6.42 Å². The zero-order valence-electron chi connectivity index (χ0n) is 5.93. The van der Waals surface area contributed by atoms with Gasteiger partial charge in [0.05, 0.1) is 0 Å². The highest BCUT2D eigenvalue weighted by atomic mass is 16.3. The molecule has 1 aliphatic heterocycles. The highest BCUT2D eigenvalue weighted by Gasteiger charge is 2.27. The monoisotopic (exact) mass is 146 g/mol. The van der Waals surface area contributed by atoms with E-state index in [2.05, 4.69) is 10.6 Å². The molecule has 0 spiro atoms. The number of β-amino-alcohol motifs (C(OH)–C–C–N with tert-alkyl or cyclic N) is 1. The Morgan fingerprint density at radius 3 is 2.70 bits per heavy atom. The zero-order chi connectivity index (χ0) is 7.45. The number of rotatable bonds is 2. The molecule has 1 atom stereocenters. The van der Waals surface area contributed by atoms with Crippen molar-refractivity contribution < 1.29 is 10.2 Å². The van der Waals surface area contributed by atoms with Crippen LogP contribution in [0.5, 0.6) is 0 Å². The molecule has 4 N–H and O–H groups in total. The van der Waals surface area contributed by atoms with E-state index in [0.717, 1.165) is 13.1 Å². The largest absolute Gasteiger partial charge is 0.396 e. The van der Waals surface area contributed by atoms with E-state index in [1.165, 1.54) is 0 Å².